The van der Waals surface area contributed by atoms with Gasteiger partial charge in [0.05, 0.1) is 5.39 Å². The summed E-state index contributed by atoms with van der Waals surface area (Å²) >= 11 is 3.44. The molecule has 0 unspecified atom stereocenters. The number of rotatable bonds is 3. The Morgan fingerprint density at radius 2 is 1.88 bits per heavy atom. The Bertz CT molecular complexity index is 971. The first-order valence-corrected chi connectivity index (χ1v) is 8.87. The summed E-state index contributed by atoms with van der Waals surface area (Å²) in [6, 6.07) is 12.0. The molecule has 24 heavy (non-hydrogen) atoms. The number of hydrogen-bond donors (Lipinski definition) is 0. The number of halogens is 1. The standard InChI is InChI=1S/C20H17BrO3/c1-12-9-17(23-11-13-5-7-14(21)8-6-13)19-15-3-2-4-16(15)20(22)24-18(19)10-12/h5-10H,2-4,11H2,1H3. The largest absolute Gasteiger partial charge is 0.488 e. The van der Waals surface area contributed by atoms with E-state index in [0.29, 0.717) is 12.2 Å². The lowest BCUT2D eigenvalue weighted by atomic mass is 10.0. The van der Waals surface area contributed by atoms with Crippen LogP contribution in [-0.4, -0.2) is 0 Å². The first kappa shape index (κ1) is 15.5. The lowest BCUT2D eigenvalue weighted by Gasteiger charge is -2.13. The summed E-state index contributed by atoms with van der Waals surface area (Å²) in [5.41, 5.74) is 4.48. The van der Waals surface area contributed by atoms with Crippen LogP contribution < -0.4 is 10.4 Å². The topological polar surface area (TPSA) is 39.4 Å². The molecular formula is C20H17BrO3. The Morgan fingerprint density at radius 3 is 2.67 bits per heavy atom. The summed E-state index contributed by atoms with van der Waals surface area (Å²) in [6.07, 6.45) is 2.71. The molecule has 0 aliphatic heterocycles. The zero-order valence-corrected chi connectivity index (χ0v) is 15.0. The monoisotopic (exact) mass is 384 g/mol. The van der Waals surface area contributed by atoms with Crippen LogP contribution in [-0.2, 0) is 19.4 Å². The third kappa shape index (κ3) is 2.75. The highest BCUT2D eigenvalue weighted by atomic mass is 79.9. The number of ether oxygens (including phenoxy) is 1. The Labute approximate surface area is 148 Å². The molecule has 3 nitrogen and oxygen atoms in total. The first-order valence-electron chi connectivity index (χ1n) is 8.08. The van der Waals surface area contributed by atoms with Crippen molar-refractivity contribution in [2.45, 2.75) is 32.8 Å². The Kier molecular flexibility index (Phi) is 3.93. The van der Waals surface area contributed by atoms with Gasteiger partial charge in [0.25, 0.3) is 0 Å². The third-order valence-electron chi connectivity index (χ3n) is 4.49. The second-order valence-electron chi connectivity index (χ2n) is 6.25. The van der Waals surface area contributed by atoms with Crippen LogP contribution in [0.4, 0.5) is 0 Å². The summed E-state index contributed by atoms with van der Waals surface area (Å²) < 4.78 is 12.7. The van der Waals surface area contributed by atoms with Gasteiger partial charge in [-0.2, -0.15) is 0 Å². The maximum atomic E-state index is 12.1. The Balaban J connectivity index is 1.78. The zero-order valence-electron chi connectivity index (χ0n) is 13.4. The van der Waals surface area contributed by atoms with Gasteiger partial charge in [-0.3, -0.25) is 0 Å². The molecule has 0 spiro atoms. The fourth-order valence-electron chi connectivity index (χ4n) is 3.36. The van der Waals surface area contributed by atoms with E-state index in [1.807, 2.05) is 43.3 Å². The lowest BCUT2D eigenvalue weighted by Crippen LogP contribution is -2.08. The molecule has 0 fully saturated rings. The average molecular weight is 385 g/mol. The van der Waals surface area contributed by atoms with Gasteiger partial charge in [-0.1, -0.05) is 28.1 Å². The van der Waals surface area contributed by atoms with Crippen molar-refractivity contribution in [2.24, 2.45) is 0 Å². The van der Waals surface area contributed by atoms with Crippen LogP contribution in [0.3, 0.4) is 0 Å². The van der Waals surface area contributed by atoms with Crippen LogP contribution in [0.25, 0.3) is 11.0 Å². The van der Waals surface area contributed by atoms with Crippen LogP contribution in [0.1, 0.15) is 28.7 Å². The second kappa shape index (κ2) is 6.10. The van der Waals surface area contributed by atoms with Crippen LogP contribution in [0.2, 0.25) is 0 Å². The van der Waals surface area contributed by atoms with Crippen LogP contribution >= 0.6 is 15.9 Å². The van der Waals surface area contributed by atoms with E-state index in [4.69, 9.17) is 9.15 Å². The van der Waals surface area contributed by atoms with Crippen molar-refractivity contribution in [1.29, 1.82) is 0 Å². The number of fused-ring (bicyclic) bond motifs is 3. The molecule has 3 aromatic rings. The van der Waals surface area contributed by atoms with Crippen molar-refractivity contribution >= 4 is 26.9 Å². The molecule has 4 heteroatoms. The molecule has 0 saturated heterocycles. The van der Waals surface area contributed by atoms with Crippen molar-refractivity contribution in [3.8, 4) is 5.75 Å². The normalized spacial score (nSPS) is 13.2. The van der Waals surface area contributed by atoms with Gasteiger partial charge in [0.2, 0.25) is 0 Å². The van der Waals surface area contributed by atoms with Crippen molar-refractivity contribution in [3.05, 3.63) is 73.5 Å². The van der Waals surface area contributed by atoms with Gasteiger partial charge in [-0.15, -0.1) is 0 Å². The molecule has 4 rings (SSSR count). The van der Waals surface area contributed by atoms with Gasteiger partial charge in [0.15, 0.2) is 0 Å². The number of hydrogen-bond acceptors (Lipinski definition) is 3. The van der Waals surface area contributed by atoms with Gasteiger partial charge in [-0.25, -0.2) is 4.79 Å². The molecule has 0 atom stereocenters. The molecule has 1 heterocycles. The zero-order chi connectivity index (χ0) is 16.7. The molecule has 0 amide bonds. The van der Waals surface area contributed by atoms with Gasteiger partial charge >= 0.3 is 5.63 Å². The molecule has 1 aliphatic rings. The maximum Gasteiger partial charge on any atom is 0.339 e. The lowest BCUT2D eigenvalue weighted by molar-refractivity contribution is 0.309. The molecular weight excluding hydrogens is 368 g/mol. The number of benzene rings is 2. The minimum absolute atomic E-state index is 0.195. The SMILES string of the molecule is Cc1cc(OCc2ccc(Br)cc2)c2c3c(c(=O)oc2c1)CCC3. The summed E-state index contributed by atoms with van der Waals surface area (Å²) in [4.78, 5) is 12.1. The second-order valence-corrected chi connectivity index (χ2v) is 7.17. The van der Waals surface area contributed by atoms with Crippen LogP contribution in [0, 0.1) is 6.92 Å². The number of aryl methyl sites for hydroxylation is 2. The predicted octanol–water partition coefficient (Wildman–Crippen LogP) is 4.93. The highest BCUT2D eigenvalue weighted by Gasteiger charge is 2.22. The molecule has 0 bridgehead atoms. The molecule has 0 radical (unpaired) electrons. The van der Waals surface area contributed by atoms with E-state index >= 15 is 0 Å². The van der Waals surface area contributed by atoms with Crippen molar-refractivity contribution < 1.29 is 9.15 Å². The summed E-state index contributed by atoms with van der Waals surface area (Å²) in [5.74, 6) is 0.801. The Hall–Kier alpha value is -2.07. The highest BCUT2D eigenvalue weighted by molar-refractivity contribution is 9.10. The van der Waals surface area contributed by atoms with Crippen LogP contribution in [0.15, 0.2) is 50.1 Å². The molecule has 0 N–H and O–H groups in total. The van der Waals surface area contributed by atoms with E-state index < -0.39 is 0 Å². The van der Waals surface area contributed by atoms with E-state index in [-0.39, 0.29) is 5.63 Å². The smallest absolute Gasteiger partial charge is 0.339 e. The summed E-state index contributed by atoms with van der Waals surface area (Å²) in [7, 11) is 0. The summed E-state index contributed by atoms with van der Waals surface area (Å²) in [5, 5.41) is 0.963. The van der Waals surface area contributed by atoms with Crippen LogP contribution in [0.5, 0.6) is 5.75 Å². The van der Waals surface area contributed by atoms with Crippen molar-refractivity contribution in [2.75, 3.05) is 0 Å². The third-order valence-corrected chi connectivity index (χ3v) is 5.02. The van der Waals surface area contributed by atoms with Gasteiger partial charge in [-0.05, 0) is 67.1 Å². The molecule has 2 aromatic carbocycles. The maximum absolute atomic E-state index is 12.1. The average Bonchev–Trinajstić information content (AvgIpc) is 3.04. The first-order chi connectivity index (χ1) is 11.6. The van der Waals surface area contributed by atoms with Crippen molar-refractivity contribution in [3.63, 3.8) is 0 Å². The Morgan fingerprint density at radius 1 is 1.12 bits per heavy atom. The summed E-state index contributed by atoms with van der Waals surface area (Å²) in [6.45, 7) is 2.47. The fourth-order valence-corrected chi connectivity index (χ4v) is 3.63. The van der Waals surface area contributed by atoms with E-state index in [1.165, 1.54) is 0 Å². The molecule has 122 valence electrons. The van der Waals surface area contributed by atoms with E-state index in [9.17, 15) is 4.79 Å². The van der Waals surface area contributed by atoms with Gasteiger partial charge in [0.1, 0.15) is 17.9 Å². The molecule has 0 saturated carbocycles. The molecule has 1 aliphatic carbocycles. The quantitative estimate of drug-likeness (QED) is 0.600. The minimum atomic E-state index is -0.195. The molecule has 1 aromatic heterocycles. The van der Waals surface area contributed by atoms with Gasteiger partial charge < -0.3 is 9.15 Å². The fraction of sp³-hybridized carbons (Fsp3) is 0.250. The predicted molar refractivity (Wildman–Crippen MR) is 97.7 cm³/mol. The van der Waals surface area contributed by atoms with Crippen molar-refractivity contribution in [1.82, 2.24) is 0 Å². The van der Waals surface area contributed by atoms with E-state index in [2.05, 4.69) is 15.9 Å². The van der Waals surface area contributed by atoms with E-state index in [1.54, 1.807) is 0 Å². The van der Waals surface area contributed by atoms with E-state index in [0.717, 1.165) is 57.1 Å². The van der Waals surface area contributed by atoms with Gasteiger partial charge in [0, 0.05) is 10.0 Å². The minimum Gasteiger partial charge on any atom is -0.488 e. The highest BCUT2D eigenvalue weighted by Crippen LogP contribution is 2.35.